The molecule has 0 spiro atoms. The Morgan fingerprint density at radius 2 is 1.89 bits per heavy atom. The fourth-order valence-electron chi connectivity index (χ4n) is 3.22. The van der Waals surface area contributed by atoms with Crippen molar-refractivity contribution in [1.82, 2.24) is 14.4 Å². The van der Waals surface area contributed by atoms with Gasteiger partial charge in [0.15, 0.2) is 0 Å². The van der Waals surface area contributed by atoms with Crippen molar-refractivity contribution in [3.63, 3.8) is 0 Å². The molecule has 1 aliphatic heterocycles. The minimum atomic E-state index is -0.333. The molecular weight excluding hydrogens is 349 g/mol. The lowest BCUT2D eigenvalue weighted by Crippen LogP contribution is -2.52. The molecule has 0 aliphatic carbocycles. The summed E-state index contributed by atoms with van der Waals surface area (Å²) in [5.74, 6) is -0.643. The van der Waals surface area contributed by atoms with E-state index in [-0.39, 0.29) is 36.2 Å². The van der Waals surface area contributed by atoms with Gasteiger partial charge in [0.2, 0.25) is 11.8 Å². The second-order valence-electron chi connectivity index (χ2n) is 6.67. The molecule has 0 atom stereocenters. The van der Waals surface area contributed by atoms with Crippen LogP contribution >= 0.6 is 0 Å². The number of aryl methyl sites for hydroxylation is 1. The second kappa shape index (κ2) is 8.16. The number of hydrogen-bond acceptors (Lipinski definition) is 3. The van der Waals surface area contributed by atoms with E-state index >= 15 is 0 Å². The monoisotopic (exact) mass is 371 g/mol. The Kier molecular flexibility index (Phi) is 5.69. The van der Waals surface area contributed by atoms with Crippen molar-refractivity contribution in [1.29, 1.82) is 0 Å². The first-order valence-electron chi connectivity index (χ1n) is 8.90. The van der Waals surface area contributed by atoms with Crippen molar-refractivity contribution in [3.05, 3.63) is 69.9 Å². The normalized spacial score (nSPS) is 14.5. The zero-order valence-electron chi connectivity index (χ0n) is 15.2. The van der Waals surface area contributed by atoms with Crippen LogP contribution < -0.4 is 5.56 Å². The van der Waals surface area contributed by atoms with Crippen molar-refractivity contribution >= 4 is 11.8 Å². The molecule has 3 rings (SSSR count). The fraction of sp³-hybridized carbons (Fsp3) is 0.350. The van der Waals surface area contributed by atoms with Crippen LogP contribution in [0.1, 0.15) is 17.7 Å². The molecule has 2 aromatic rings. The molecule has 1 fully saturated rings. The standard InChI is InChI=1S/C20H22FN3O3/c1-15-4-2-7-19(26)24(15)9-8-18(25)23-11-10-22(20(27)14-23)13-16-5-3-6-17(21)12-16/h2-7,12H,8-11,13-14H2,1H3. The van der Waals surface area contributed by atoms with Crippen molar-refractivity contribution < 1.29 is 14.0 Å². The molecule has 0 radical (unpaired) electrons. The number of piperazine rings is 1. The smallest absolute Gasteiger partial charge is 0.250 e. The van der Waals surface area contributed by atoms with Gasteiger partial charge in [0.25, 0.3) is 5.56 Å². The molecule has 142 valence electrons. The number of pyridine rings is 1. The first-order chi connectivity index (χ1) is 12.9. The number of nitrogens with zero attached hydrogens (tertiary/aromatic N) is 3. The van der Waals surface area contributed by atoms with Crippen molar-refractivity contribution in [3.8, 4) is 0 Å². The number of aromatic nitrogens is 1. The summed E-state index contributed by atoms with van der Waals surface area (Å²) in [6, 6.07) is 11.1. The summed E-state index contributed by atoms with van der Waals surface area (Å²) in [6.07, 6.45) is 0.169. The van der Waals surface area contributed by atoms with E-state index in [0.29, 0.717) is 26.2 Å². The molecule has 7 heteroatoms. The lowest BCUT2D eigenvalue weighted by molar-refractivity contribution is -0.145. The van der Waals surface area contributed by atoms with E-state index in [4.69, 9.17) is 0 Å². The van der Waals surface area contributed by atoms with Gasteiger partial charge < -0.3 is 14.4 Å². The van der Waals surface area contributed by atoms with E-state index in [0.717, 1.165) is 11.3 Å². The molecule has 1 aromatic heterocycles. The Morgan fingerprint density at radius 3 is 2.59 bits per heavy atom. The number of hydrogen-bond donors (Lipinski definition) is 0. The van der Waals surface area contributed by atoms with E-state index in [2.05, 4.69) is 0 Å². The molecule has 0 bridgehead atoms. The number of benzene rings is 1. The van der Waals surface area contributed by atoms with Gasteiger partial charge >= 0.3 is 0 Å². The summed E-state index contributed by atoms with van der Waals surface area (Å²) < 4.78 is 14.8. The predicted molar refractivity (Wildman–Crippen MR) is 98.5 cm³/mol. The third-order valence-corrected chi connectivity index (χ3v) is 4.75. The first kappa shape index (κ1) is 18.8. The summed E-state index contributed by atoms with van der Waals surface area (Å²) in [5, 5.41) is 0. The highest BCUT2D eigenvalue weighted by atomic mass is 19.1. The largest absolute Gasteiger partial charge is 0.335 e. The molecule has 0 unspecified atom stereocenters. The molecule has 0 N–H and O–H groups in total. The Balaban J connectivity index is 1.55. The van der Waals surface area contributed by atoms with Crippen molar-refractivity contribution in [2.75, 3.05) is 19.6 Å². The minimum absolute atomic E-state index is 0.0107. The van der Waals surface area contributed by atoms with Gasteiger partial charge in [-0.2, -0.15) is 0 Å². The van der Waals surface area contributed by atoms with E-state index in [1.165, 1.54) is 23.1 Å². The minimum Gasteiger partial charge on any atom is -0.335 e. The Labute approximate surface area is 156 Å². The zero-order valence-corrected chi connectivity index (χ0v) is 15.2. The summed E-state index contributed by atoms with van der Waals surface area (Å²) in [6.45, 7) is 3.30. The van der Waals surface area contributed by atoms with Crippen LogP contribution in [0.25, 0.3) is 0 Å². The summed E-state index contributed by atoms with van der Waals surface area (Å²) in [7, 11) is 0. The van der Waals surface area contributed by atoms with Gasteiger partial charge in [0.1, 0.15) is 5.82 Å². The number of carbonyl (C=O) groups excluding carboxylic acids is 2. The van der Waals surface area contributed by atoms with Crippen LogP contribution in [0.2, 0.25) is 0 Å². The maximum atomic E-state index is 13.3. The first-order valence-corrected chi connectivity index (χ1v) is 8.90. The number of rotatable bonds is 5. The van der Waals surface area contributed by atoms with Gasteiger partial charge in [-0.3, -0.25) is 14.4 Å². The number of carbonyl (C=O) groups is 2. The Morgan fingerprint density at radius 1 is 1.11 bits per heavy atom. The third kappa shape index (κ3) is 4.61. The molecular formula is C20H22FN3O3. The molecule has 6 nitrogen and oxygen atoms in total. The number of amides is 2. The highest BCUT2D eigenvalue weighted by Crippen LogP contribution is 2.12. The van der Waals surface area contributed by atoms with Gasteiger partial charge in [-0.15, -0.1) is 0 Å². The Bertz CT molecular complexity index is 909. The average molecular weight is 371 g/mol. The third-order valence-electron chi connectivity index (χ3n) is 4.75. The van der Waals surface area contributed by atoms with E-state index in [1.807, 2.05) is 13.0 Å². The second-order valence-corrected chi connectivity index (χ2v) is 6.67. The highest BCUT2D eigenvalue weighted by Gasteiger charge is 2.27. The SMILES string of the molecule is Cc1cccc(=O)n1CCC(=O)N1CCN(Cc2cccc(F)c2)C(=O)C1. The van der Waals surface area contributed by atoms with Gasteiger partial charge in [-0.05, 0) is 30.7 Å². The predicted octanol–water partition coefficient (Wildman–Crippen LogP) is 1.56. The lowest BCUT2D eigenvalue weighted by atomic mass is 10.2. The van der Waals surface area contributed by atoms with Crippen LogP contribution in [0.15, 0.2) is 47.3 Å². The van der Waals surface area contributed by atoms with Crippen molar-refractivity contribution in [2.24, 2.45) is 0 Å². The van der Waals surface area contributed by atoms with Crippen molar-refractivity contribution in [2.45, 2.75) is 26.4 Å². The van der Waals surface area contributed by atoms with Gasteiger partial charge in [0.05, 0.1) is 6.54 Å². The molecule has 1 saturated heterocycles. The highest BCUT2D eigenvalue weighted by molar-refractivity contribution is 5.86. The van der Waals surface area contributed by atoms with Crippen LogP contribution in [-0.2, 0) is 22.7 Å². The molecule has 2 heterocycles. The van der Waals surface area contributed by atoms with Crippen LogP contribution in [-0.4, -0.2) is 45.8 Å². The van der Waals surface area contributed by atoms with Gasteiger partial charge in [-0.25, -0.2) is 4.39 Å². The average Bonchev–Trinajstić information content (AvgIpc) is 2.63. The van der Waals surface area contributed by atoms with Crippen LogP contribution in [0.3, 0.4) is 0 Å². The molecule has 1 aliphatic rings. The van der Waals surface area contributed by atoms with Crippen LogP contribution in [0, 0.1) is 12.7 Å². The van der Waals surface area contributed by atoms with E-state index in [9.17, 15) is 18.8 Å². The van der Waals surface area contributed by atoms with Gasteiger partial charge in [-0.1, -0.05) is 18.2 Å². The number of halogens is 1. The summed E-state index contributed by atoms with van der Waals surface area (Å²) >= 11 is 0. The summed E-state index contributed by atoms with van der Waals surface area (Å²) in [4.78, 5) is 39.8. The molecule has 1 aromatic carbocycles. The van der Waals surface area contributed by atoms with Crippen LogP contribution in [0.5, 0.6) is 0 Å². The van der Waals surface area contributed by atoms with E-state index < -0.39 is 0 Å². The molecule has 27 heavy (non-hydrogen) atoms. The lowest BCUT2D eigenvalue weighted by Gasteiger charge is -2.34. The summed E-state index contributed by atoms with van der Waals surface area (Å²) in [5.41, 5.74) is 1.38. The van der Waals surface area contributed by atoms with E-state index in [1.54, 1.807) is 27.7 Å². The molecule has 2 amide bonds. The quantitative estimate of drug-likeness (QED) is 0.801. The van der Waals surface area contributed by atoms with Crippen LogP contribution in [0.4, 0.5) is 4.39 Å². The zero-order chi connectivity index (χ0) is 19.4. The molecule has 0 saturated carbocycles. The fourth-order valence-corrected chi connectivity index (χ4v) is 3.22. The topological polar surface area (TPSA) is 62.6 Å². The maximum Gasteiger partial charge on any atom is 0.250 e. The maximum absolute atomic E-state index is 13.3. The Hall–Kier alpha value is -2.96. The van der Waals surface area contributed by atoms with Gasteiger partial charge in [0, 0.05) is 44.4 Å².